The maximum atomic E-state index is 13.8. The maximum Gasteiger partial charge on any atom is 0.357 e. The summed E-state index contributed by atoms with van der Waals surface area (Å²) in [5.41, 5.74) is 3.26. The Labute approximate surface area is 243 Å². The lowest BCUT2D eigenvalue weighted by Crippen LogP contribution is -2.58. The number of hydrogen-bond acceptors (Lipinski definition) is 13. The molecule has 2 aromatic rings. The number of phenols is 1. The van der Waals surface area contributed by atoms with E-state index in [1.54, 1.807) is 32.0 Å². The highest BCUT2D eigenvalue weighted by Crippen LogP contribution is 2.53. The molecule has 3 aliphatic rings. The molecule has 7 N–H and O–H groups in total. The summed E-state index contributed by atoms with van der Waals surface area (Å²) in [6.07, 6.45) is -0.141. The van der Waals surface area contributed by atoms with Crippen molar-refractivity contribution in [1.29, 1.82) is 0 Å². The molecule has 5 rings (SSSR count). The van der Waals surface area contributed by atoms with E-state index in [2.05, 4.69) is 10.3 Å². The van der Waals surface area contributed by atoms with Crippen molar-refractivity contribution in [3.05, 3.63) is 50.7 Å². The highest BCUT2D eigenvalue weighted by molar-refractivity contribution is 7.13. The predicted octanol–water partition coefficient (Wildman–Crippen LogP) is 1.74. The fourth-order valence-electron chi connectivity index (χ4n) is 6.08. The molecular weight excluding hydrogens is 568 g/mol. The van der Waals surface area contributed by atoms with E-state index < -0.39 is 58.0 Å². The van der Waals surface area contributed by atoms with Crippen molar-refractivity contribution in [2.75, 3.05) is 30.9 Å². The Hall–Kier alpha value is -4.43. The first-order chi connectivity index (χ1) is 19.8. The normalized spacial score (nSPS) is 23.2. The third-order valence-electron chi connectivity index (χ3n) is 8.02. The Morgan fingerprint density at radius 1 is 1.24 bits per heavy atom. The Morgan fingerprint density at radius 3 is 2.60 bits per heavy atom. The van der Waals surface area contributed by atoms with Crippen molar-refractivity contribution in [2.24, 2.45) is 17.6 Å². The van der Waals surface area contributed by atoms with Crippen molar-refractivity contribution in [1.82, 2.24) is 4.98 Å². The first-order valence-corrected chi connectivity index (χ1v) is 14.1. The summed E-state index contributed by atoms with van der Waals surface area (Å²) in [4.78, 5) is 56.1. The Kier molecular flexibility index (Phi) is 7.23. The summed E-state index contributed by atoms with van der Waals surface area (Å²) < 4.78 is 4.96. The number of nitrogens with two attached hydrogens (primary N) is 1. The van der Waals surface area contributed by atoms with Gasteiger partial charge in [-0.15, -0.1) is 11.3 Å². The van der Waals surface area contributed by atoms with Gasteiger partial charge in [-0.05, 0) is 37.3 Å². The number of nitrogens with one attached hydrogen (secondary N) is 1. The molecule has 1 aromatic heterocycles. The summed E-state index contributed by atoms with van der Waals surface area (Å²) >= 11 is 1.17. The largest absolute Gasteiger partial charge is 0.508 e. The van der Waals surface area contributed by atoms with E-state index in [0.717, 1.165) is 0 Å². The zero-order valence-electron chi connectivity index (χ0n) is 23.1. The van der Waals surface area contributed by atoms with Gasteiger partial charge >= 0.3 is 5.97 Å². The number of esters is 1. The summed E-state index contributed by atoms with van der Waals surface area (Å²) in [6.45, 7) is 1.93. The van der Waals surface area contributed by atoms with Gasteiger partial charge in [-0.3, -0.25) is 14.4 Å². The van der Waals surface area contributed by atoms with Crippen LogP contribution in [0.2, 0.25) is 0 Å². The molecule has 42 heavy (non-hydrogen) atoms. The topological polar surface area (TPSA) is 213 Å². The average molecular weight is 599 g/mol. The molecule has 0 bridgehead atoms. The molecule has 222 valence electrons. The Balaban J connectivity index is 1.56. The average Bonchev–Trinajstić information content (AvgIpc) is 3.39. The molecule has 0 spiro atoms. The van der Waals surface area contributed by atoms with Crippen LogP contribution in [0.25, 0.3) is 5.76 Å². The molecule has 0 radical (unpaired) electrons. The van der Waals surface area contributed by atoms with Crippen molar-refractivity contribution >= 4 is 51.4 Å². The molecule has 1 amide bonds. The second-order valence-electron chi connectivity index (χ2n) is 10.7. The van der Waals surface area contributed by atoms with Crippen LogP contribution in [0.15, 0.2) is 28.4 Å². The molecule has 1 heterocycles. The first-order valence-electron chi connectivity index (χ1n) is 13.2. The molecular formula is C28H30N4O9S. The quantitative estimate of drug-likeness (QED) is 0.199. The van der Waals surface area contributed by atoms with Gasteiger partial charge < -0.3 is 41.1 Å². The van der Waals surface area contributed by atoms with E-state index in [1.807, 2.05) is 0 Å². The standard InChI is InChI=1S/C28H30N4O9S/c1-4-41-26(39)15-10-42-27(31-15)30-9-12-7-16(32(2)3)14-6-11-5-13-8-17(33)20(25(29)38)24(37)28(13,40)23(36)18(11)22(35)19(14)21(12)34/h7,10-11,13,34-35,37,40H,4-6,8-9H2,1-3H3,(H2,29,38)(H,30,31)/t11-,13+,28+/m1/s1. The van der Waals surface area contributed by atoms with Crippen molar-refractivity contribution in [2.45, 2.75) is 38.3 Å². The molecule has 3 atom stereocenters. The van der Waals surface area contributed by atoms with Crippen LogP contribution in [0.4, 0.5) is 10.8 Å². The van der Waals surface area contributed by atoms with E-state index in [1.165, 1.54) is 16.7 Å². The van der Waals surface area contributed by atoms with Crippen molar-refractivity contribution in [3.8, 4) is 5.75 Å². The first kappa shape index (κ1) is 29.1. The number of primary amides is 1. The molecule has 0 saturated heterocycles. The molecule has 1 saturated carbocycles. The SMILES string of the molecule is CCOC(=O)c1csc(NCc2cc(N(C)C)c3c(c2O)C(O)=C2C(=O)[C@]4(O)C(O)=C(C(N)=O)C(=O)C[C@@H]4C[C@@H]2C3)n1. The van der Waals surface area contributed by atoms with Gasteiger partial charge in [-0.25, -0.2) is 9.78 Å². The number of ether oxygens (including phenoxy) is 1. The molecule has 14 heteroatoms. The van der Waals surface area contributed by atoms with Gasteiger partial charge in [0.15, 0.2) is 22.2 Å². The number of aromatic nitrogens is 1. The maximum absolute atomic E-state index is 13.8. The smallest absolute Gasteiger partial charge is 0.357 e. The number of nitrogens with zero attached hydrogens (tertiary/aromatic N) is 2. The van der Waals surface area contributed by atoms with Gasteiger partial charge in [0, 0.05) is 55.2 Å². The number of rotatable bonds is 7. The minimum Gasteiger partial charge on any atom is -0.508 e. The second kappa shape index (κ2) is 10.4. The fraction of sp³-hybridized carbons (Fsp3) is 0.393. The number of phenolic OH excluding ortho intramolecular Hbond substituents is 1. The van der Waals surface area contributed by atoms with E-state index in [9.17, 15) is 39.6 Å². The number of benzene rings is 1. The molecule has 0 unspecified atom stereocenters. The molecule has 13 nitrogen and oxygen atoms in total. The van der Waals surface area contributed by atoms with Crippen molar-refractivity contribution < 1.29 is 44.3 Å². The number of amides is 1. The van der Waals surface area contributed by atoms with Gasteiger partial charge in [0.05, 0.1) is 12.2 Å². The number of thiazole rings is 1. The van der Waals surface area contributed by atoms with Gasteiger partial charge in [-0.2, -0.15) is 0 Å². The fourth-order valence-corrected chi connectivity index (χ4v) is 6.76. The number of hydrogen-bond donors (Lipinski definition) is 6. The van der Waals surface area contributed by atoms with Gasteiger partial charge in [0.25, 0.3) is 5.91 Å². The van der Waals surface area contributed by atoms with Gasteiger partial charge in [-0.1, -0.05) is 0 Å². The zero-order valence-corrected chi connectivity index (χ0v) is 23.9. The second-order valence-corrected chi connectivity index (χ2v) is 11.5. The summed E-state index contributed by atoms with van der Waals surface area (Å²) in [6, 6.07) is 1.73. The lowest BCUT2D eigenvalue weighted by atomic mass is 9.59. The molecule has 0 aliphatic heterocycles. The number of aromatic hydroxyl groups is 1. The number of carbonyl (C=O) groups excluding carboxylic acids is 4. The van der Waals surface area contributed by atoms with E-state index in [-0.39, 0.29) is 55.0 Å². The summed E-state index contributed by atoms with van der Waals surface area (Å²) in [5, 5.41) is 50.0. The molecule has 1 aromatic carbocycles. The number of anilines is 2. The van der Waals surface area contributed by atoms with Crippen LogP contribution in [-0.4, -0.2) is 75.2 Å². The minimum absolute atomic E-state index is 0.00326. The summed E-state index contributed by atoms with van der Waals surface area (Å²) in [5.74, 6) is -7.33. The Morgan fingerprint density at radius 2 is 1.95 bits per heavy atom. The van der Waals surface area contributed by atoms with E-state index in [0.29, 0.717) is 21.9 Å². The number of aliphatic hydroxyl groups excluding tert-OH is 2. The third kappa shape index (κ3) is 4.38. The van der Waals surface area contributed by atoms with E-state index >= 15 is 0 Å². The van der Waals surface area contributed by atoms with Crippen LogP contribution in [-0.2, 0) is 32.1 Å². The number of fused-ring (bicyclic) bond motifs is 3. The van der Waals surface area contributed by atoms with Crippen LogP contribution in [0, 0.1) is 11.8 Å². The lowest BCUT2D eigenvalue weighted by Gasteiger charge is -2.46. The van der Waals surface area contributed by atoms with Crippen LogP contribution in [0.3, 0.4) is 0 Å². The number of aliphatic hydroxyl groups is 3. The third-order valence-corrected chi connectivity index (χ3v) is 8.82. The monoisotopic (exact) mass is 598 g/mol. The lowest BCUT2D eigenvalue weighted by molar-refractivity contribution is -0.147. The van der Waals surface area contributed by atoms with E-state index in [4.69, 9.17) is 10.5 Å². The van der Waals surface area contributed by atoms with Crippen LogP contribution >= 0.6 is 11.3 Å². The zero-order chi connectivity index (χ0) is 30.7. The predicted molar refractivity (Wildman–Crippen MR) is 151 cm³/mol. The van der Waals surface area contributed by atoms with Crippen molar-refractivity contribution in [3.63, 3.8) is 0 Å². The highest BCUT2D eigenvalue weighted by Gasteiger charge is 2.60. The van der Waals surface area contributed by atoms with Gasteiger partial charge in [0.1, 0.15) is 22.8 Å². The van der Waals surface area contributed by atoms with Crippen LogP contribution in [0.1, 0.15) is 46.9 Å². The van der Waals surface area contributed by atoms with Gasteiger partial charge in [0.2, 0.25) is 5.78 Å². The summed E-state index contributed by atoms with van der Waals surface area (Å²) in [7, 11) is 3.57. The highest BCUT2D eigenvalue weighted by atomic mass is 32.1. The Bertz CT molecular complexity index is 1610. The number of ketones is 2. The number of Topliss-reactive ketones (excluding diaryl/α,β-unsaturated/α-hetero) is 2. The molecule has 3 aliphatic carbocycles. The van der Waals surface area contributed by atoms with Crippen LogP contribution < -0.4 is 16.0 Å². The number of carbonyl (C=O) groups is 4. The minimum atomic E-state index is -2.63. The molecule has 1 fully saturated rings. The van der Waals surface area contributed by atoms with Crippen LogP contribution in [0.5, 0.6) is 5.75 Å².